The monoisotopic (exact) mass is 263 g/mol. The normalized spacial score (nSPS) is 21.6. The fraction of sp³-hybridized carbons (Fsp3) is 0.625. The molecule has 3 nitrogen and oxygen atoms in total. The average molecular weight is 263 g/mol. The zero-order chi connectivity index (χ0) is 13.5. The molecule has 1 aromatic carbocycles. The highest BCUT2D eigenvalue weighted by atomic mass is 16.5. The standard InChI is InChI=1S/C16H25NO2/c1-3-9-18-10-11-19-15-12-13-7-5-6-8-14(13)16(15)17-4-2/h5-8,15-17H,3-4,9-12H2,1-2H3. The van der Waals surface area contributed by atoms with Gasteiger partial charge in [-0.2, -0.15) is 0 Å². The molecule has 2 rings (SSSR count). The van der Waals surface area contributed by atoms with E-state index >= 15 is 0 Å². The molecule has 0 radical (unpaired) electrons. The van der Waals surface area contributed by atoms with E-state index in [2.05, 4.69) is 43.4 Å². The molecule has 0 spiro atoms. The molecule has 106 valence electrons. The SMILES string of the molecule is CCCOCCOC1Cc2ccccc2C1NCC. The van der Waals surface area contributed by atoms with Gasteiger partial charge in [-0.25, -0.2) is 0 Å². The third-order valence-corrected chi connectivity index (χ3v) is 3.52. The van der Waals surface area contributed by atoms with Crippen LogP contribution in [0.15, 0.2) is 24.3 Å². The summed E-state index contributed by atoms with van der Waals surface area (Å²) in [4.78, 5) is 0. The first-order valence-electron chi connectivity index (χ1n) is 7.37. The predicted octanol–water partition coefficient (Wildman–Crippen LogP) is 2.71. The highest BCUT2D eigenvalue weighted by Gasteiger charge is 2.31. The van der Waals surface area contributed by atoms with Crippen molar-refractivity contribution in [3.8, 4) is 0 Å². The van der Waals surface area contributed by atoms with Crippen LogP contribution in [0.1, 0.15) is 37.4 Å². The molecule has 1 N–H and O–H groups in total. The van der Waals surface area contributed by atoms with Crippen LogP contribution in [-0.4, -0.2) is 32.5 Å². The molecule has 19 heavy (non-hydrogen) atoms. The lowest BCUT2D eigenvalue weighted by atomic mass is 10.1. The van der Waals surface area contributed by atoms with Crippen LogP contribution in [-0.2, 0) is 15.9 Å². The first-order chi connectivity index (χ1) is 9.36. The second kappa shape index (κ2) is 7.63. The molecule has 0 saturated heterocycles. The van der Waals surface area contributed by atoms with E-state index in [9.17, 15) is 0 Å². The minimum Gasteiger partial charge on any atom is -0.379 e. The lowest BCUT2D eigenvalue weighted by Gasteiger charge is -2.21. The van der Waals surface area contributed by atoms with E-state index in [1.807, 2.05) is 0 Å². The number of hydrogen-bond acceptors (Lipinski definition) is 3. The number of ether oxygens (including phenoxy) is 2. The molecular formula is C16H25NO2. The van der Waals surface area contributed by atoms with Gasteiger partial charge in [0.05, 0.1) is 25.4 Å². The fourth-order valence-corrected chi connectivity index (χ4v) is 2.68. The Hall–Kier alpha value is -0.900. The Bertz CT molecular complexity index is 381. The van der Waals surface area contributed by atoms with E-state index < -0.39 is 0 Å². The highest BCUT2D eigenvalue weighted by molar-refractivity contribution is 5.36. The van der Waals surface area contributed by atoms with Gasteiger partial charge in [0.1, 0.15) is 0 Å². The maximum absolute atomic E-state index is 6.01. The summed E-state index contributed by atoms with van der Waals surface area (Å²) in [7, 11) is 0. The Morgan fingerprint density at radius 2 is 2.00 bits per heavy atom. The molecule has 2 atom stereocenters. The van der Waals surface area contributed by atoms with Crippen molar-refractivity contribution in [3.05, 3.63) is 35.4 Å². The Balaban J connectivity index is 1.87. The van der Waals surface area contributed by atoms with Gasteiger partial charge < -0.3 is 14.8 Å². The van der Waals surface area contributed by atoms with Crippen LogP contribution in [0.4, 0.5) is 0 Å². The molecule has 0 heterocycles. The van der Waals surface area contributed by atoms with E-state index in [4.69, 9.17) is 9.47 Å². The largest absolute Gasteiger partial charge is 0.379 e. The summed E-state index contributed by atoms with van der Waals surface area (Å²) < 4.78 is 11.5. The van der Waals surface area contributed by atoms with Gasteiger partial charge in [0.15, 0.2) is 0 Å². The molecule has 1 aliphatic carbocycles. The highest BCUT2D eigenvalue weighted by Crippen LogP contribution is 2.33. The van der Waals surface area contributed by atoms with E-state index in [0.717, 1.165) is 26.0 Å². The minimum atomic E-state index is 0.238. The van der Waals surface area contributed by atoms with E-state index in [1.54, 1.807) is 0 Å². The van der Waals surface area contributed by atoms with Crippen LogP contribution in [0.25, 0.3) is 0 Å². The van der Waals surface area contributed by atoms with Crippen LogP contribution >= 0.6 is 0 Å². The molecule has 0 aliphatic heterocycles. The topological polar surface area (TPSA) is 30.5 Å². The van der Waals surface area contributed by atoms with Crippen molar-refractivity contribution < 1.29 is 9.47 Å². The Kier molecular flexibility index (Phi) is 5.83. The van der Waals surface area contributed by atoms with Gasteiger partial charge in [-0.1, -0.05) is 38.1 Å². The Morgan fingerprint density at radius 3 is 2.79 bits per heavy atom. The Labute approximate surface area is 116 Å². The molecule has 0 bridgehead atoms. The zero-order valence-electron chi connectivity index (χ0n) is 12.0. The van der Waals surface area contributed by atoms with Crippen LogP contribution < -0.4 is 5.32 Å². The van der Waals surface area contributed by atoms with E-state index in [0.29, 0.717) is 19.3 Å². The van der Waals surface area contributed by atoms with E-state index in [-0.39, 0.29) is 6.10 Å². The van der Waals surface area contributed by atoms with Gasteiger partial charge in [0.2, 0.25) is 0 Å². The molecule has 3 heteroatoms. The van der Waals surface area contributed by atoms with Crippen molar-refractivity contribution in [3.63, 3.8) is 0 Å². The second-order valence-electron chi connectivity index (χ2n) is 4.96. The first-order valence-corrected chi connectivity index (χ1v) is 7.37. The minimum absolute atomic E-state index is 0.238. The first kappa shape index (κ1) is 14.5. The molecule has 1 aromatic rings. The number of fused-ring (bicyclic) bond motifs is 1. The van der Waals surface area contributed by atoms with Gasteiger partial charge in [-0.05, 0) is 24.1 Å². The third-order valence-electron chi connectivity index (χ3n) is 3.52. The third kappa shape index (κ3) is 3.78. The van der Waals surface area contributed by atoms with Crippen molar-refractivity contribution in [2.45, 2.75) is 38.8 Å². The summed E-state index contributed by atoms with van der Waals surface area (Å²) in [5, 5.41) is 3.54. The van der Waals surface area contributed by atoms with Gasteiger partial charge in [-0.3, -0.25) is 0 Å². The molecule has 0 aromatic heterocycles. The van der Waals surface area contributed by atoms with Crippen molar-refractivity contribution in [2.24, 2.45) is 0 Å². The zero-order valence-corrected chi connectivity index (χ0v) is 12.0. The fourth-order valence-electron chi connectivity index (χ4n) is 2.68. The molecule has 0 fully saturated rings. The summed E-state index contributed by atoms with van der Waals surface area (Å²) in [6.07, 6.45) is 2.30. The number of rotatable bonds is 8. The van der Waals surface area contributed by atoms with Crippen LogP contribution in [0, 0.1) is 0 Å². The molecule has 0 amide bonds. The lowest BCUT2D eigenvalue weighted by molar-refractivity contribution is -0.00585. The van der Waals surface area contributed by atoms with Crippen molar-refractivity contribution in [1.82, 2.24) is 5.32 Å². The second-order valence-corrected chi connectivity index (χ2v) is 4.96. The van der Waals surface area contributed by atoms with E-state index in [1.165, 1.54) is 11.1 Å². The van der Waals surface area contributed by atoms with Crippen LogP contribution in [0.2, 0.25) is 0 Å². The predicted molar refractivity (Wildman–Crippen MR) is 77.4 cm³/mol. The lowest BCUT2D eigenvalue weighted by Crippen LogP contribution is -2.31. The molecule has 1 aliphatic rings. The average Bonchev–Trinajstić information content (AvgIpc) is 2.78. The number of benzene rings is 1. The van der Waals surface area contributed by atoms with Crippen LogP contribution in [0.5, 0.6) is 0 Å². The smallest absolute Gasteiger partial charge is 0.0811 e. The van der Waals surface area contributed by atoms with Gasteiger partial charge in [-0.15, -0.1) is 0 Å². The van der Waals surface area contributed by atoms with Gasteiger partial charge >= 0.3 is 0 Å². The van der Waals surface area contributed by atoms with Crippen molar-refractivity contribution in [2.75, 3.05) is 26.4 Å². The maximum atomic E-state index is 6.01. The van der Waals surface area contributed by atoms with Gasteiger partial charge in [0.25, 0.3) is 0 Å². The molecular weight excluding hydrogens is 238 g/mol. The number of hydrogen-bond donors (Lipinski definition) is 1. The van der Waals surface area contributed by atoms with Crippen molar-refractivity contribution >= 4 is 0 Å². The summed E-state index contributed by atoms with van der Waals surface area (Å²) in [5.74, 6) is 0. The summed E-state index contributed by atoms with van der Waals surface area (Å²) in [6.45, 7) is 7.42. The summed E-state index contributed by atoms with van der Waals surface area (Å²) in [5.41, 5.74) is 2.80. The summed E-state index contributed by atoms with van der Waals surface area (Å²) in [6, 6.07) is 8.95. The molecule has 2 unspecified atom stereocenters. The Morgan fingerprint density at radius 1 is 1.16 bits per heavy atom. The summed E-state index contributed by atoms with van der Waals surface area (Å²) >= 11 is 0. The van der Waals surface area contributed by atoms with Gasteiger partial charge in [0, 0.05) is 13.0 Å². The van der Waals surface area contributed by atoms with Crippen LogP contribution in [0.3, 0.4) is 0 Å². The van der Waals surface area contributed by atoms with Crippen molar-refractivity contribution in [1.29, 1.82) is 0 Å². The number of likely N-dealkylation sites (N-methyl/N-ethyl adjacent to an activating group) is 1. The quantitative estimate of drug-likeness (QED) is 0.732. The maximum Gasteiger partial charge on any atom is 0.0811 e. The molecule has 0 saturated carbocycles. The number of nitrogens with one attached hydrogen (secondary N) is 1.